The molecule has 0 spiro atoms. The Morgan fingerprint density at radius 2 is 2.21 bits per heavy atom. The van der Waals surface area contributed by atoms with Gasteiger partial charge in [0.05, 0.1) is 5.56 Å². The summed E-state index contributed by atoms with van der Waals surface area (Å²) in [7, 11) is 0. The number of carbonyl (C=O) groups excluding carboxylic acids is 1. The molecule has 1 aliphatic rings. The number of piperidine rings is 1. The van der Waals surface area contributed by atoms with Crippen molar-refractivity contribution in [1.29, 1.82) is 0 Å². The highest BCUT2D eigenvalue weighted by Gasteiger charge is 2.19. The quantitative estimate of drug-likeness (QED) is 0.881. The van der Waals surface area contributed by atoms with Crippen LogP contribution < -0.4 is 10.6 Å². The Balaban J connectivity index is 1.89. The first-order chi connectivity index (χ1) is 9.06. The van der Waals surface area contributed by atoms with E-state index >= 15 is 0 Å². The van der Waals surface area contributed by atoms with Crippen LogP contribution in [0.5, 0.6) is 0 Å². The third kappa shape index (κ3) is 3.73. The lowest BCUT2D eigenvalue weighted by Gasteiger charge is -2.27. The van der Waals surface area contributed by atoms with E-state index in [4.69, 9.17) is 0 Å². The second-order valence-corrected chi connectivity index (χ2v) is 5.09. The molecule has 0 bridgehead atoms. The number of amides is 1. The van der Waals surface area contributed by atoms with Gasteiger partial charge in [-0.2, -0.15) is 0 Å². The second kappa shape index (κ2) is 6.10. The van der Waals surface area contributed by atoms with Crippen molar-refractivity contribution >= 4 is 5.91 Å². The third-order valence-electron chi connectivity index (χ3n) is 3.49. The Morgan fingerprint density at radius 3 is 2.89 bits per heavy atom. The van der Waals surface area contributed by atoms with Gasteiger partial charge in [0.1, 0.15) is 11.6 Å². The monoisotopic (exact) mass is 268 g/mol. The summed E-state index contributed by atoms with van der Waals surface area (Å²) >= 11 is 0. The molecule has 1 aliphatic heterocycles. The van der Waals surface area contributed by atoms with Gasteiger partial charge in [0.2, 0.25) is 0 Å². The van der Waals surface area contributed by atoms with E-state index in [9.17, 15) is 13.6 Å². The fourth-order valence-corrected chi connectivity index (χ4v) is 2.24. The molecule has 0 saturated carbocycles. The van der Waals surface area contributed by atoms with Gasteiger partial charge in [-0.1, -0.05) is 0 Å². The zero-order valence-electron chi connectivity index (χ0n) is 10.9. The fraction of sp³-hybridized carbons (Fsp3) is 0.500. The normalized spacial score (nSPS) is 23.1. The zero-order chi connectivity index (χ0) is 13.8. The van der Waals surface area contributed by atoms with Gasteiger partial charge in [-0.15, -0.1) is 0 Å². The number of nitrogens with one attached hydrogen (secondary N) is 2. The molecule has 1 heterocycles. The molecule has 1 aromatic rings. The summed E-state index contributed by atoms with van der Waals surface area (Å²) in [6.07, 6.45) is 2.09. The lowest BCUT2D eigenvalue weighted by molar-refractivity contribution is 0.0939. The van der Waals surface area contributed by atoms with E-state index in [2.05, 4.69) is 17.6 Å². The summed E-state index contributed by atoms with van der Waals surface area (Å²) < 4.78 is 26.4. The number of hydrogen-bond acceptors (Lipinski definition) is 2. The molecule has 1 saturated heterocycles. The van der Waals surface area contributed by atoms with Crippen molar-refractivity contribution in [2.24, 2.45) is 5.92 Å². The molecule has 2 atom stereocenters. The molecule has 3 nitrogen and oxygen atoms in total. The van der Waals surface area contributed by atoms with Crippen molar-refractivity contribution in [1.82, 2.24) is 10.6 Å². The van der Waals surface area contributed by atoms with Crippen LogP contribution in [0.4, 0.5) is 8.78 Å². The first kappa shape index (κ1) is 13.9. The number of halogens is 2. The molecule has 104 valence electrons. The van der Waals surface area contributed by atoms with E-state index in [1.54, 1.807) is 0 Å². The summed E-state index contributed by atoms with van der Waals surface area (Å²) in [5.41, 5.74) is -0.239. The molecule has 1 fully saturated rings. The Kier molecular flexibility index (Phi) is 4.47. The van der Waals surface area contributed by atoms with E-state index in [1.165, 1.54) is 0 Å². The van der Waals surface area contributed by atoms with Crippen LogP contribution in [0.15, 0.2) is 18.2 Å². The molecular weight excluding hydrogens is 250 g/mol. The van der Waals surface area contributed by atoms with Gasteiger partial charge in [-0.3, -0.25) is 4.79 Å². The molecular formula is C14H18F2N2O. The minimum absolute atomic E-state index is 0.239. The summed E-state index contributed by atoms with van der Waals surface area (Å²) in [6, 6.07) is 3.39. The van der Waals surface area contributed by atoms with E-state index < -0.39 is 17.5 Å². The Morgan fingerprint density at radius 1 is 1.42 bits per heavy atom. The minimum atomic E-state index is -0.700. The maximum atomic E-state index is 13.4. The van der Waals surface area contributed by atoms with Crippen LogP contribution in [0.25, 0.3) is 0 Å². The second-order valence-electron chi connectivity index (χ2n) is 5.09. The molecule has 2 N–H and O–H groups in total. The van der Waals surface area contributed by atoms with Crippen LogP contribution in [-0.2, 0) is 0 Å². The topological polar surface area (TPSA) is 41.1 Å². The Hall–Kier alpha value is -1.49. The predicted molar refractivity (Wildman–Crippen MR) is 68.9 cm³/mol. The predicted octanol–water partition coefficient (Wildman–Crippen LogP) is 2.08. The van der Waals surface area contributed by atoms with Gasteiger partial charge in [0.25, 0.3) is 5.91 Å². The lowest BCUT2D eigenvalue weighted by Crippen LogP contribution is -2.42. The van der Waals surface area contributed by atoms with Gasteiger partial charge in [-0.25, -0.2) is 8.78 Å². The summed E-state index contributed by atoms with van der Waals surface area (Å²) in [6.45, 7) is 3.44. The van der Waals surface area contributed by atoms with Crippen molar-refractivity contribution in [3.63, 3.8) is 0 Å². The minimum Gasteiger partial charge on any atom is -0.352 e. The molecule has 1 aromatic carbocycles. The van der Waals surface area contributed by atoms with Crippen molar-refractivity contribution in [3.8, 4) is 0 Å². The van der Waals surface area contributed by atoms with Crippen LogP contribution in [0.2, 0.25) is 0 Å². The smallest absolute Gasteiger partial charge is 0.254 e. The van der Waals surface area contributed by atoms with Crippen molar-refractivity contribution in [3.05, 3.63) is 35.4 Å². The highest BCUT2D eigenvalue weighted by molar-refractivity contribution is 5.94. The number of benzene rings is 1. The van der Waals surface area contributed by atoms with Gasteiger partial charge >= 0.3 is 0 Å². The van der Waals surface area contributed by atoms with Gasteiger partial charge in [0.15, 0.2) is 0 Å². The highest BCUT2D eigenvalue weighted by atomic mass is 19.1. The molecule has 0 radical (unpaired) electrons. The van der Waals surface area contributed by atoms with E-state index in [0.717, 1.165) is 37.6 Å². The largest absolute Gasteiger partial charge is 0.352 e. The van der Waals surface area contributed by atoms with Gasteiger partial charge in [0, 0.05) is 12.6 Å². The maximum absolute atomic E-state index is 13.4. The van der Waals surface area contributed by atoms with Crippen LogP contribution in [-0.4, -0.2) is 25.0 Å². The fourth-order valence-electron chi connectivity index (χ4n) is 2.24. The summed E-state index contributed by atoms with van der Waals surface area (Å²) in [5, 5.41) is 6.00. The standard InChI is InChI=1S/C14H18F2N2O/c1-9-2-3-10(7-17-9)8-18-14(19)12-6-11(15)4-5-13(12)16/h4-6,9-10,17H,2-3,7-8H2,1H3,(H,18,19). The average molecular weight is 268 g/mol. The third-order valence-corrected chi connectivity index (χ3v) is 3.49. The SMILES string of the molecule is CC1CCC(CNC(=O)c2cc(F)ccc2F)CN1. The maximum Gasteiger partial charge on any atom is 0.254 e. The number of hydrogen-bond donors (Lipinski definition) is 2. The molecule has 2 rings (SSSR count). The number of carbonyl (C=O) groups is 1. The molecule has 0 aromatic heterocycles. The van der Waals surface area contributed by atoms with E-state index in [0.29, 0.717) is 18.5 Å². The molecule has 0 aliphatic carbocycles. The lowest BCUT2D eigenvalue weighted by atomic mass is 9.95. The first-order valence-electron chi connectivity index (χ1n) is 6.53. The van der Waals surface area contributed by atoms with Gasteiger partial charge < -0.3 is 10.6 Å². The summed E-state index contributed by atoms with van der Waals surface area (Å²) in [4.78, 5) is 11.8. The zero-order valence-corrected chi connectivity index (χ0v) is 10.9. The Labute approximate surface area is 111 Å². The van der Waals surface area contributed by atoms with Crippen LogP contribution in [0.3, 0.4) is 0 Å². The molecule has 1 amide bonds. The first-order valence-corrected chi connectivity index (χ1v) is 6.53. The van der Waals surface area contributed by atoms with Crippen molar-refractivity contribution in [2.45, 2.75) is 25.8 Å². The van der Waals surface area contributed by atoms with Crippen molar-refractivity contribution < 1.29 is 13.6 Å². The van der Waals surface area contributed by atoms with Crippen LogP contribution >= 0.6 is 0 Å². The molecule has 5 heteroatoms. The van der Waals surface area contributed by atoms with Crippen LogP contribution in [0, 0.1) is 17.6 Å². The van der Waals surface area contributed by atoms with Crippen molar-refractivity contribution in [2.75, 3.05) is 13.1 Å². The molecule has 19 heavy (non-hydrogen) atoms. The van der Waals surface area contributed by atoms with E-state index in [1.807, 2.05) is 0 Å². The molecule has 2 unspecified atom stereocenters. The van der Waals surface area contributed by atoms with Gasteiger partial charge in [-0.05, 0) is 50.4 Å². The average Bonchev–Trinajstić information content (AvgIpc) is 2.40. The summed E-state index contributed by atoms with van der Waals surface area (Å²) in [5.74, 6) is -1.53. The number of rotatable bonds is 3. The Bertz CT molecular complexity index is 457. The van der Waals surface area contributed by atoms with Crippen LogP contribution in [0.1, 0.15) is 30.1 Å². The van der Waals surface area contributed by atoms with E-state index in [-0.39, 0.29) is 5.56 Å². The highest BCUT2D eigenvalue weighted by Crippen LogP contribution is 2.14.